The Labute approximate surface area is 198 Å². The van der Waals surface area contributed by atoms with Crippen molar-refractivity contribution in [1.29, 1.82) is 0 Å². The maximum Gasteiger partial charge on any atom is 0.435 e. The van der Waals surface area contributed by atoms with Crippen LogP contribution in [-0.4, -0.2) is 30.8 Å². The second-order valence-corrected chi connectivity index (χ2v) is 7.87. The first kappa shape index (κ1) is 23.7. The van der Waals surface area contributed by atoms with Crippen molar-refractivity contribution >= 4 is 23.7 Å². The van der Waals surface area contributed by atoms with Crippen LogP contribution < -0.4 is 5.32 Å². The Balaban J connectivity index is 1.81. The molecule has 0 aliphatic carbocycles. The summed E-state index contributed by atoms with van der Waals surface area (Å²) in [5.74, 6) is -0.793. The van der Waals surface area contributed by atoms with Crippen LogP contribution in [0.15, 0.2) is 67.0 Å². The van der Waals surface area contributed by atoms with Gasteiger partial charge in [-0.1, -0.05) is 24.3 Å². The molecule has 2 aromatic carbocycles. The molecule has 0 aliphatic rings. The van der Waals surface area contributed by atoms with E-state index in [4.69, 9.17) is 5.11 Å². The Morgan fingerprint density at radius 1 is 1.09 bits per heavy atom. The lowest BCUT2D eigenvalue weighted by Crippen LogP contribution is -2.10. The van der Waals surface area contributed by atoms with Crippen LogP contribution in [0.25, 0.3) is 23.0 Å². The predicted octanol–water partition coefficient (Wildman–Crippen LogP) is 5.81. The minimum absolute atomic E-state index is 0.127. The highest BCUT2D eigenvalue weighted by molar-refractivity contribution is 5.86. The number of carbonyl (C=O) groups is 1. The number of aliphatic carboxylic acids is 1. The molecule has 2 aromatic heterocycles. The first-order valence-corrected chi connectivity index (χ1v) is 10.5. The van der Waals surface area contributed by atoms with Crippen molar-refractivity contribution in [3.63, 3.8) is 0 Å². The summed E-state index contributed by atoms with van der Waals surface area (Å²) < 4.78 is 40.7. The largest absolute Gasteiger partial charge is 0.478 e. The third-order valence-electron chi connectivity index (χ3n) is 4.96. The van der Waals surface area contributed by atoms with Gasteiger partial charge in [-0.15, -0.1) is 0 Å². The molecule has 0 fully saturated rings. The maximum atomic E-state index is 13.2. The number of aromatic nitrogens is 4. The lowest BCUT2D eigenvalue weighted by atomic mass is 10.0. The van der Waals surface area contributed by atoms with Crippen LogP contribution in [0.1, 0.15) is 22.4 Å². The van der Waals surface area contributed by atoms with Gasteiger partial charge in [0.2, 0.25) is 5.95 Å². The lowest BCUT2D eigenvalue weighted by molar-refractivity contribution is -0.141. The fourth-order valence-electron chi connectivity index (χ4n) is 3.56. The summed E-state index contributed by atoms with van der Waals surface area (Å²) in [6.07, 6.45) is 0.473. The topological polar surface area (TPSA) is 92.9 Å². The number of alkyl halides is 3. The Morgan fingerprint density at radius 2 is 1.83 bits per heavy atom. The van der Waals surface area contributed by atoms with Crippen LogP contribution in [-0.2, 0) is 11.0 Å². The maximum absolute atomic E-state index is 13.2. The number of anilines is 2. The van der Waals surface area contributed by atoms with Gasteiger partial charge in [-0.05, 0) is 66.4 Å². The molecule has 178 valence electrons. The number of nitrogens with zero attached hydrogens (tertiary/aromatic N) is 4. The molecule has 35 heavy (non-hydrogen) atoms. The van der Waals surface area contributed by atoms with Crippen LogP contribution >= 0.6 is 0 Å². The van der Waals surface area contributed by atoms with E-state index in [1.54, 1.807) is 24.3 Å². The second kappa shape index (κ2) is 9.41. The highest BCUT2D eigenvalue weighted by Crippen LogP contribution is 2.31. The Hall–Kier alpha value is -4.47. The smallest absolute Gasteiger partial charge is 0.435 e. The molecule has 4 rings (SSSR count). The van der Waals surface area contributed by atoms with Crippen molar-refractivity contribution in [3.8, 4) is 16.9 Å². The zero-order chi connectivity index (χ0) is 25.2. The molecular weight excluding hydrogens is 459 g/mol. The van der Waals surface area contributed by atoms with Crippen molar-refractivity contribution < 1.29 is 23.1 Å². The number of aryl methyl sites for hydroxylation is 2. The molecule has 4 aromatic rings. The Morgan fingerprint density at radius 3 is 2.49 bits per heavy atom. The number of carboxylic acids is 1. The summed E-state index contributed by atoms with van der Waals surface area (Å²) in [5.41, 5.74) is 3.31. The molecule has 0 atom stereocenters. The zero-order valence-corrected chi connectivity index (χ0v) is 18.7. The van der Waals surface area contributed by atoms with Gasteiger partial charge in [0.05, 0.1) is 0 Å². The number of hydrogen-bond donors (Lipinski definition) is 2. The number of nitrogens with one attached hydrogen (secondary N) is 1. The van der Waals surface area contributed by atoms with Gasteiger partial charge in [-0.2, -0.15) is 23.3 Å². The number of halogens is 3. The molecule has 2 heterocycles. The third-order valence-corrected chi connectivity index (χ3v) is 4.96. The summed E-state index contributed by atoms with van der Waals surface area (Å²) in [4.78, 5) is 19.7. The standard InChI is InChI=1S/C25H20F3N5O2/c1-15-10-16(2)12-19(11-15)30-24-29-14-20(18-5-3-4-17(13-18)6-7-22(34)35)23(31-24)33-9-8-21(32-33)25(26,27)28/h3-14H,1-2H3,(H,34,35)(H,29,30,31). The van der Waals surface area contributed by atoms with Gasteiger partial charge in [0.15, 0.2) is 11.5 Å². The van der Waals surface area contributed by atoms with Crippen molar-refractivity contribution in [2.24, 2.45) is 0 Å². The molecule has 7 nitrogen and oxygen atoms in total. The van der Waals surface area contributed by atoms with E-state index in [1.807, 2.05) is 32.0 Å². The van der Waals surface area contributed by atoms with E-state index in [1.165, 1.54) is 18.5 Å². The first-order valence-electron chi connectivity index (χ1n) is 10.5. The van der Waals surface area contributed by atoms with Gasteiger partial charge in [0, 0.05) is 29.7 Å². The van der Waals surface area contributed by atoms with Crippen molar-refractivity contribution in [2.45, 2.75) is 20.0 Å². The summed E-state index contributed by atoms with van der Waals surface area (Å²) in [6.45, 7) is 3.89. The van der Waals surface area contributed by atoms with Crippen LogP contribution in [0.2, 0.25) is 0 Å². The quantitative estimate of drug-likeness (QED) is 0.339. The molecule has 0 spiro atoms. The van der Waals surface area contributed by atoms with Gasteiger partial charge in [-0.3, -0.25) is 0 Å². The average molecular weight is 479 g/mol. The van der Waals surface area contributed by atoms with E-state index in [9.17, 15) is 18.0 Å². The average Bonchev–Trinajstić information content (AvgIpc) is 3.28. The van der Waals surface area contributed by atoms with Crippen molar-refractivity contribution in [3.05, 3.63) is 89.4 Å². The fourth-order valence-corrected chi connectivity index (χ4v) is 3.56. The van der Waals surface area contributed by atoms with E-state index in [0.29, 0.717) is 16.7 Å². The van der Waals surface area contributed by atoms with Gasteiger partial charge < -0.3 is 10.4 Å². The molecule has 0 aliphatic heterocycles. The summed E-state index contributed by atoms with van der Waals surface area (Å²) in [6, 6.07) is 13.5. The summed E-state index contributed by atoms with van der Waals surface area (Å²) in [5, 5.41) is 15.7. The number of hydrogen-bond acceptors (Lipinski definition) is 5. The van der Waals surface area contributed by atoms with Gasteiger partial charge in [-0.25, -0.2) is 14.5 Å². The van der Waals surface area contributed by atoms with Gasteiger partial charge >= 0.3 is 12.1 Å². The first-order chi connectivity index (χ1) is 16.6. The molecule has 0 saturated carbocycles. The van der Waals surface area contributed by atoms with E-state index < -0.39 is 17.8 Å². The van der Waals surface area contributed by atoms with Crippen molar-refractivity contribution in [2.75, 3.05) is 5.32 Å². The van der Waals surface area contributed by atoms with Crippen LogP contribution in [0.3, 0.4) is 0 Å². The molecular formula is C25H20F3N5O2. The van der Waals surface area contributed by atoms with E-state index in [0.717, 1.165) is 33.6 Å². The Bertz CT molecular complexity index is 1410. The van der Waals surface area contributed by atoms with E-state index in [2.05, 4.69) is 20.4 Å². The lowest BCUT2D eigenvalue weighted by Gasteiger charge is -2.13. The predicted molar refractivity (Wildman–Crippen MR) is 125 cm³/mol. The van der Waals surface area contributed by atoms with Crippen LogP contribution in [0.5, 0.6) is 0 Å². The fraction of sp³-hybridized carbons (Fsp3) is 0.120. The highest BCUT2D eigenvalue weighted by Gasteiger charge is 2.34. The zero-order valence-electron chi connectivity index (χ0n) is 18.7. The molecule has 0 unspecified atom stereocenters. The third kappa shape index (κ3) is 5.72. The van der Waals surface area contributed by atoms with Crippen LogP contribution in [0.4, 0.5) is 24.8 Å². The van der Waals surface area contributed by atoms with Crippen LogP contribution in [0, 0.1) is 13.8 Å². The van der Waals surface area contributed by atoms with Gasteiger partial charge in [0.1, 0.15) is 0 Å². The normalized spacial score (nSPS) is 11.7. The van der Waals surface area contributed by atoms with E-state index >= 15 is 0 Å². The molecule has 0 bridgehead atoms. The highest BCUT2D eigenvalue weighted by atomic mass is 19.4. The number of rotatable bonds is 6. The monoisotopic (exact) mass is 479 g/mol. The van der Waals surface area contributed by atoms with E-state index in [-0.39, 0.29) is 11.8 Å². The molecule has 0 amide bonds. The van der Waals surface area contributed by atoms with Gasteiger partial charge in [0.25, 0.3) is 0 Å². The summed E-state index contributed by atoms with van der Waals surface area (Å²) >= 11 is 0. The molecule has 10 heteroatoms. The molecule has 0 radical (unpaired) electrons. The number of benzene rings is 2. The summed E-state index contributed by atoms with van der Waals surface area (Å²) in [7, 11) is 0. The minimum atomic E-state index is -4.61. The second-order valence-electron chi connectivity index (χ2n) is 7.87. The Kier molecular flexibility index (Phi) is 6.37. The van der Waals surface area contributed by atoms with Crippen molar-refractivity contribution in [1.82, 2.24) is 19.7 Å². The minimum Gasteiger partial charge on any atom is -0.478 e. The molecule has 2 N–H and O–H groups in total. The SMILES string of the molecule is Cc1cc(C)cc(Nc2ncc(-c3cccc(C=CC(=O)O)c3)c(-n3ccc(C(F)(F)F)n3)n2)c1. The molecule has 0 saturated heterocycles. The number of carboxylic acid groups (broad SMARTS) is 1.